The summed E-state index contributed by atoms with van der Waals surface area (Å²) >= 11 is 0. The van der Waals surface area contributed by atoms with E-state index in [0.29, 0.717) is 0 Å². The summed E-state index contributed by atoms with van der Waals surface area (Å²) in [5.41, 5.74) is 0. The number of nitrogens with zero attached hydrogens (tertiary/aromatic N) is 1. The van der Waals surface area contributed by atoms with Crippen molar-refractivity contribution >= 4 is 51.4 Å². The van der Waals surface area contributed by atoms with Gasteiger partial charge in [-0.15, -0.1) is 0 Å². The van der Waals surface area contributed by atoms with Gasteiger partial charge in [0.05, 0.1) is 0 Å². The van der Waals surface area contributed by atoms with Crippen LogP contribution in [0.1, 0.15) is 0 Å². The first-order valence-electron chi connectivity index (χ1n) is 0.258. The molecule has 0 aliphatic heterocycles. The van der Waals surface area contributed by atoms with Crippen molar-refractivity contribution in [3.63, 3.8) is 0 Å². The Bertz CT molecular complexity index is 12.8. The van der Waals surface area contributed by atoms with Crippen molar-refractivity contribution in [3.05, 3.63) is 0 Å². The second-order valence-corrected chi connectivity index (χ2v) is 0. The normalized spacial score (nSPS) is 0.500. The van der Waals surface area contributed by atoms with Crippen LogP contribution in [0.4, 0.5) is 0 Å². The molecule has 0 unspecified atom stereocenters. The molecular weight excluding hydrogens is 262 g/mol. The van der Waals surface area contributed by atoms with Gasteiger partial charge in [-0.25, -0.2) is 5.26 Å². The van der Waals surface area contributed by atoms with Crippen molar-refractivity contribution in [2.45, 2.75) is 0 Å². The number of hydrogen-bond acceptors (Lipinski definition) is 1. The Morgan fingerprint density at radius 1 is 1.25 bits per heavy atom. The Kier molecular flexibility index (Phi) is 88.3. The molecule has 1 nitrogen and oxygen atoms in total. The topological polar surface area (TPSA) is 23.8 Å². The van der Waals surface area contributed by atoms with Crippen molar-refractivity contribution < 1.29 is 22.4 Å². The van der Waals surface area contributed by atoms with E-state index in [4.69, 9.17) is 5.26 Å². The van der Waals surface area contributed by atoms with Gasteiger partial charge in [0, 0.05) is 29.0 Å². The average molecular weight is 264 g/mol. The van der Waals surface area contributed by atoms with Crippen molar-refractivity contribution in [3.8, 4) is 6.57 Å². The van der Waals surface area contributed by atoms with E-state index in [1.807, 2.05) is 0 Å². The Labute approximate surface area is 83.7 Å². The molecule has 0 spiro atoms. The SMILES string of the molecule is C#N.[Au].[KH]. The van der Waals surface area contributed by atoms with E-state index < -0.39 is 0 Å². The van der Waals surface area contributed by atoms with Crippen LogP contribution in [0.5, 0.6) is 0 Å². The molecule has 0 amide bonds. The van der Waals surface area contributed by atoms with Crippen LogP contribution in [-0.4, -0.2) is 51.4 Å². The Morgan fingerprint density at radius 2 is 1.25 bits per heavy atom. The molecule has 0 aromatic rings. The molecule has 0 atom stereocenters. The molecule has 0 aliphatic carbocycles. The Hall–Kier alpha value is 1.87. The molecule has 0 aliphatic rings. The van der Waals surface area contributed by atoms with Crippen molar-refractivity contribution in [1.82, 2.24) is 0 Å². The predicted octanol–water partition coefficient (Wildman–Crippen LogP) is -0.511. The van der Waals surface area contributed by atoms with Crippen LogP contribution in [0.25, 0.3) is 0 Å². The van der Waals surface area contributed by atoms with E-state index in [1.165, 1.54) is 0 Å². The summed E-state index contributed by atoms with van der Waals surface area (Å²) < 4.78 is 0. The first-order valence-corrected chi connectivity index (χ1v) is 0.258. The van der Waals surface area contributed by atoms with E-state index in [0.717, 1.165) is 0 Å². The van der Waals surface area contributed by atoms with Gasteiger partial charge < -0.3 is 0 Å². The molecule has 0 N–H and O–H groups in total. The van der Waals surface area contributed by atoms with Crippen LogP contribution in [0.2, 0.25) is 0 Å². The van der Waals surface area contributed by atoms with Crippen molar-refractivity contribution in [1.29, 1.82) is 5.26 Å². The summed E-state index contributed by atoms with van der Waals surface area (Å²) in [7, 11) is 0. The summed E-state index contributed by atoms with van der Waals surface area (Å²) in [6.07, 6.45) is 0. The molecule has 3 heteroatoms. The molecule has 0 rings (SSSR count). The van der Waals surface area contributed by atoms with Gasteiger partial charge in [0.15, 0.2) is 0 Å². The average Bonchev–Trinajstić information content (AvgIpc) is 1.00. The zero-order chi connectivity index (χ0) is 2.00. The van der Waals surface area contributed by atoms with Crippen LogP contribution in [0.3, 0.4) is 0 Å². The quantitative estimate of drug-likeness (QED) is 0.541. The molecular formula is CH2AuKN. The molecule has 0 heterocycles. The molecule has 0 saturated carbocycles. The molecule has 1 radical (unpaired) electrons. The van der Waals surface area contributed by atoms with E-state index in [9.17, 15) is 0 Å². The third-order valence-corrected chi connectivity index (χ3v) is 0. The van der Waals surface area contributed by atoms with E-state index in [-0.39, 0.29) is 73.8 Å². The summed E-state index contributed by atoms with van der Waals surface area (Å²) in [5, 5.41) is 6.50. The summed E-state index contributed by atoms with van der Waals surface area (Å²) in [6, 6.07) is 0. The van der Waals surface area contributed by atoms with Gasteiger partial charge in [-0.2, -0.15) is 0 Å². The van der Waals surface area contributed by atoms with Gasteiger partial charge in [-0.1, -0.05) is 0 Å². The van der Waals surface area contributed by atoms with Gasteiger partial charge in [0.25, 0.3) is 0 Å². The van der Waals surface area contributed by atoms with Crippen LogP contribution in [-0.2, 0) is 22.4 Å². The van der Waals surface area contributed by atoms with E-state index in [2.05, 4.69) is 6.57 Å². The van der Waals surface area contributed by atoms with Crippen LogP contribution in [0, 0.1) is 11.8 Å². The summed E-state index contributed by atoms with van der Waals surface area (Å²) in [5.74, 6) is 0. The minimum absolute atomic E-state index is 0. The van der Waals surface area contributed by atoms with E-state index >= 15 is 0 Å². The first kappa shape index (κ1) is 16.9. The third kappa shape index (κ3) is 9.12. The minimum atomic E-state index is 0. The molecule has 0 aromatic heterocycles. The molecule has 23 valence electrons. The standard InChI is InChI=1S/CHN.Au.K.H/c1-2;;;/h1H;;;. The van der Waals surface area contributed by atoms with Gasteiger partial charge in [-0.3, -0.25) is 0 Å². The fourth-order valence-corrected chi connectivity index (χ4v) is 0. The second kappa shape index (κ2) is 20.9. The van der Waals surface area contributed by atoms with Gasteiger partial charge in [-0.05, 0) is 0 Å². The zero-order valence-electron chi connectivity index (χ0n) is 1.33. The maximum absolute atomic E-state index is 6.50. The molecule has 0 fully saturated rings. The number of rotatable bonds is 0. The Morgan fingerprint density at radius 3 is 1.25 bits per heavy atom. The molecule has 0 bridgehead atoms. The summed E-state index contributed by atoms with van der Waals surface area (Å²) in [6.45, 7) is 3.50. The van der Waals surface area contributed by atoms with Crippen LogP contribution < -0.4 is 0 Å². The Balaban J connectivity index is -0.00000000500. The monoisotopic (exact) mass is 264 g/mol. The predicted molar refractivity (Wildman–Crippen MR) is 13.8 cm³/mol. The zero-order valence-corrected chi connectivity index (χ0v) is 3.49. The third-order valence-electron chi connectivity index (χ3n) is 0. The van der Waals surface area contributed by atoms with Gasteiger partial charge in [0.2, 0.25) is 0 Å². The van der Waals surface area contributed by atoms with Crippen LogP contribution in [0.15, 0.2) is 0 Å². The first-order chi connectivity index (χ1) is 1.00. The molecule has 0 saturated heterocycles. The molecule has 4 heavy (non-hydrogen) atoms. The number of hydrogen-bond donors (Lipinski definition) is 0. The van der Waals surface area contributed by atoms with Crippen LogP contribution >= 0.6 is 0 Å². The summed E-state index contributed by atoms with van der Waals surface area (Å²) in [4.78, 5) is 0. The molecule has 0 aromatic carbocycles. The maximum atomic E-state index is 6.50. The number of nitriles is 1. The van der Waals surface area contributed by atoms with Crippen molar-refractivity contribution in [2.24, 2.45) is 0 Å². The van der Waals surface area contributed by atoms with E-state index in [1.54, 1.807) is 0 Å². The fourth-order valence-electron chi connectivity index (χ4n) is 0. The van der Waals surface area contributed by atoms with Gasteiger partial charge >= 0.3 is 51.4 Å². The fraction of sp³-hybridized carbons (Fsp3) is 0. The van der Waals surface area contributed by atoms with Gasteiger partial charge in [0.1, 0.15) is 0 Å². The second-order valence-electron chi connectivity index (χ2n) is 0. The van der Waals surface area contributed by atoms with Crippen molar-refractivity contribution in [2.75, 3.05) is 0 Å².